The molecule has 3 nitrogen and oxygen atoms in total. The van der Waals surface area contributed by atoms with Gasteiger partial charge >= 0.3 is 0 Å². The molecule has 0 atom stereocenters. The molecule has 23 heavy (non-hydrogen) atoms. The first-order valence-corrected chi connectivity index (χ1v) is 8.59. The number of hydrogen-bond acceptors (Lipinski definition) is 3. The van der Waals surface area contributed by atoms with Gasteiger partial charge in [-0.15, -0.1) is 5.11 Å². The molecule has 2 aromatic rings. The van der Waals surface area contributed by atoms with Crippen LogP contribution in [0.3, 0.4) is 0 Å². The number of rotatable bonds is 3. The molecule has 0 unspecified atom stereocenters. The lowest BCUT2D eigenvalue weighted by atomic mass is 9.83. The molecule has 0 aromatic heterocycles. The Morgan fingerprint density at radius 3 is 2.48 bits per heavy atom. The van der Waals surface area contributed by atoms with E-state index in [0.29, 0.717) is 33.1 Å². The molecule has 1 N–H and O–H groups in total. The Hall–Kier alpha value is -1.58. The highest BCUT2D eigenvalue weighted by Gasteiger charge is 2.18. The van der Waals surface area contributed by atoms with Gasteiger partial charge in [-0.2, -0.15) is 5.11 Å². The van der Waals surface area contributed by atoms with Gasteiger partial charge < -0.3 is 5.11 Å². The Kier molecular flexibility index (Phi) is 5.19. The van der Waals surface area contributed by atoms with Crippen LogP contribution in [-0.2, 0) is 0 Å². The molecule has 0 spiro atoms. The summed E-state index contributed by atoms with van der Waals surface area (Å²) in [5.41, 5.74) is 2.21. The fraction of sp³-hybridized carbons (Fsp3) is 0.333. The Morgan fingerprint density at radius 2 is 1.70 bits per heavy atom. The van der Waals surface area contributed by atoms with Crippen LogP contribution in [0.5, 0.6) is 5.75 Å². The highest BCUT2D eigenvalue weighted by molar-refractivity contribution is 6.35. The number of phenolic OH excluding ortho intramolecular Hbond substituents is 1. The lowest BCUT2D eigenvalue weighted by Crippen LogP contribution is -2.04. The molecule has 0 bridgehead atoms. The minimum atomic E-state index is 0.344. The Morgan fingerprint density at radius 1 is 0.913 bits per heavy atom. The van der Waals surface area contributed by atoms with Crippen molar-refractivity contribution in [2.75, 3.05) is 0 Å². The lowest BCUT2D eigenvalue weighted by molar-refractivity contribution is 0.414. The van der Waals surface area contributed by atoms with Gasteiger partial charge in [0.25, 0.3) is 0 Å². The average Bonchev–Trinajstić information content (AvgIpc) is 2.57. The summed E-state index contributed by atoms with van der Waals surface area (Å²) >= 11 is 12.0. The van der Waals surface area contributed by atoms with E-state index in [0.717, 1.165) is 18.4 Å². The fourth-order valence-corrected chi connectivity index (χ4v) is 3.34. The van der Waals surface area contributed by atoms with Crippen LogP contribution >= 0.6 is 23.2 Å². The number of hydrogen-bond donors (Lipinski definition) is 1. The summed E-state index contributed by atoms with van der Waals surface area (Å²) in [6, 6.07) is 10.5. The molecule has 0 amide bonds. The monoisotopic (exact) mass is 348 g/mol. The van der Waals surface area contributed by atoms with E-state index in [1.807, 2.05) is 6.07 Å². The van der Waals surface area contributed by atoms with Gasteiger partial charge in [-0.3, -0.25) is 0 Å². The Bertz CT molecular complexity index is 725. The van der Waals surface area contributed by atoms with Gasteiger partial charge in [0.1, 0.15) is 11.4 Å². The van der Waals surface area contributed by atoms with E-state index in [2.05, 4.69) is 10.2 Å². The number of halogens is 2. The summed E-state index contributed by atoms with van der Waals surface area (Å²) in [6.45, 7) is 0. The largest absolute Gasteiger partial charge is 0.508 e. The van der Waals surface area contributed by atoms with Crippen LogP contribution in [0.1, 0.15) is 43.6 Å². The van der Waals surface area contributed by atoms with E-state index in [4.69, 9.17) is 23.2 Å². The summed E-state index contributed by atoms with van der Waals surface area (Å²) < 4.78 is 0. The van der Waals surface area contributed by atoms with Crippen molar-refractivity contribution in [1.29, 1.82) is 0 Å². The molecule has 0 heterocycles. The highest BCUT2D eigenvalue weighted by Crippen LogP contribution is 2.39. The number of phenols is 1. The zero-order valence-corrected chi connectivity index (χ0v) is 14.2. The van der Waals surface area contributed by atoms with E-state index in [1.54, 1.807) is 30.3 Å². The molecule has 0 saturated heterocycles. The molecule has 120 valence electrons. The van der Waals surface area contributed by atoms with Crippen LogP contribution in [0.2, 0.25) is 10.0 Å². The second kappa shape index (κ2) is 7.33. The van der Waals surface area contributed by atoms with Gasteiger partial charge in [-0.25, -0.2) is 0 Å². The van der Waals surface area contributed by atoms with Crippen LogP contribution in [-0.4, -0.2) is 5.11 Å². The molecule has 1 fully saturated rings. The maximum absolute atomic E-state index is 10.1. The Labute approximate surface area is 146 Å². The van der Waals surface area contributed by atoms with Crippen LogP contribution in [0.4, 0.5) is 11.4 Å². The smallest absolute Gasteiger partial charge is 0.119 e. The van der Waals surface area contributed by atoms with Gasteiger partial charge in [0, 0.05) is 5.02 Å². The summed E-state index contributed by atoms with van der Waals surface area (Å²) in [5, 5.41) is 19.6. The zero-order valence-electron chi connectivity index (χ0n) is 12.7. The van der Waals surface area contributed by atoms with Crippen LogP contribution < -0.4 is 0 Å². The second-order valence-electron chi connectivity index (χ2n) is 5.87. The van der Waals surface area contributed by atoms with Crippen molar-refractivity contribution in [3.8, 4) is 5.75 Å². The van der Waals surface area contributed by atoms with E-state index in [1.165, 1.54) is 19.3 Å². The summed E-state index contributed by atoms with van der Waals surface area (Å²) in [6.07, 6.45) is 5.95. The molecule has 0 aliphatic heterocycles. The third kappa shape index (κ3) is 4.04. The maximum atomic E-state index is 10.1. The van der Waals surface area contributed by atoms with Crippen molar-refractivity contribution < 1.29 is 5.11 Å². The van der Waals surface area contributed by atoms with E-state index in [9.17, 15) is 5.11 Å². The third-order valence-electron chi connectivity index (χ3n) is 4.24. The maximum Gasteiger partial charge on any atom is 0.119 e. The quantitative estimate of drug-likeness (QED) is 0.587. The fourth-order valence-electron chi connectivity index (χ4n) is 3.02. The summed E-state index contributed by atoms with van der Waals surface area (Å²) in [4.78, 5) is 0. The molecular weight excluding hydrogens is 331 g/mol. The molecule has 1 aliphatic rings. The van der Waals surface area contributed by atoms with E-state index >= 15 is 0 Å². The van der Waals surface area contributed by atoms with Crippen molar-refractivity contribution >= 4 is 34.6 Å². The standard InChI is InChI=1S/C18H18Cl2N2O/c19-13-6-8-16(20)17(10-13)22-21-14-7-9-18(23)15(11-14)12-4-2-1-3-5-12/h6-12,23H,1-5H2. The summed E-state index contributed by atoms with van der Waals surface area (Å²) in [7, 11) is 0. The third-order valence-corrected chi connectivity index (χ3v) is 4.79. The summed E-state index contributed by atoms with van der Waals surface area (Å²) in [5.74, 6) is 0.755. The van der Waals surface area contributed by atoms with Crippen molar-refractivity contribution in [2.24, 2.45) is 10.2 Å². The highest BCUT2D eigenvalue weighted by atomic mass is 35.5. The van der Waals surface area contributed by atoms with Crippen molar-refractivity contribution in [1.82, 2.24) is 0 Å². The van der Waals surface area contributed by atoms with Gasteiger partial charge in [0.2, 0.25) is 0 Å². The van der Waals surface area contributed by atoms with Crippen LogP contribution in [0.25, 0.3) is 0 Å². The van der Waals surface area contributed by atoms with Crippen molar-refractivity contribution in [2.45, 2.75) is 38.0 Å². The minimum absolute atomic E-state index is 0.344. The topological polar surface area (TPSA) is 45.0 Å². The average molecular weight is 349 g/mol. The molecule has 1 saturated carbocycles. The molecule has 3 rings (SSSR count). The van der Waals surface area contributed by atoms with E-state index in [-0.39, 0.29) is 0 Å². The first kappa shape index (κ1) is 16.3. The van der Waals surface area contributed by atoms with Gasteiger partial charge in [0.15, 0.2) is 0 Å². The normalized spacial score (nSPS) is 16.1. The Balaban J connectivity index is 1.85. The molecule has 0 radical (unpaired) electrons. The SMILES string of the molecule is Oc1ccc(N=Nc2cc(Cl)ccc2Cl)cc1C1CCCCC1. The predicted octanol–water partition coefficient (Wildman–Crippen LogP) is 7.16. The number of benzene rings is 2. The molecular formula is C18H18Cl2N2O. The number of azo groups is 1. The lowest BCUT2D eigenvalue weighted by Gasteiger charge is -2.22. The van der Waals surface area contributed by atoms with Gasteiger partial charge in [0.05, 0.1) is 10.7 Å². The zero-order chi connectivity index (χ0) is 16.2. The molecule has 2 aromatic carbocycles. The minimum Gasteiger partial charge on any atom is -0.508 e. The van der Waals surface area contributed by atoms with Crippen molar-refractivity contribution in [3.63, 3.8) is 0 Å². The molecule has 1 aliphatic carbocycles. The van der Waals surface area contributed by atoms with Gasteiger partial charge in [-0.05, 0) is 60.7 Å². The van der Waals surface area contributed by atoms with E-state index < -0.39 is 0 Å². The van der Waals surface area contributed by atoms with Crippen molar-refractivity contribution in [3.05, 3.63) is 52.0 Å². The van der Waals surface area contributed by atoms with Gasteiger partial charge in [-0.1, -0.05) is 42.5 Å². The number of nitrogens with zero attached hydrogens (tertiary/aromatic N) is 2. The van der Waals surface area contributed by atoms with Crippen LogP contribution in [0, 0.1) is 0 Å². The molecule has 5 heteroatoms. The first-order valence-electron chi connectivity index (χ1n) is 7.83. The number of aromatic hydroxyl groups is 1. The predicted molar refractivity (Wildman–Crippen MR) is 94.6 cm³/mol. The second-order valence-corrected chi connectivity index (χ2v) is 6.72. The van der Waals surface area contributed by atoms with Crippen LogP contribution in [0.15, 0.2) is 46.6 Å². The first-order chi connectivity index (χ1) is 11.1.